The van der Waals surface area contributed by atoms with Gasteiger partial charge in [-0.1, -0.05) is 18.5 Å². The van der Waals surface area contributed by atoms with Crippen molar-refractivity contribution in [2.24, 2.45) is 0 Å². The normalized spacial score (nSPS) is 12.9. The summed E-state index contributed by atoms with van der Waals surface area (Å²) in [7, 11) is 0. The lowest BCUT2D eigenvalue weighted by molar-refractivity contribution is 0.178. The Labute approximate surface area is 130 Å². The third kappa shape index (κ3) is 3.05. The van der Waals surface area contributed by atoms with E-state index in [4.69, 9.17) is 11.6 Å². The lowest BCUT2D eigenvalue weighted by atomic mass is 10.1. The fourth-order valence-electron chi connectivity index (χ4n) is 2.03. The summed E-state index contributed by atoms with van der Waals surface area (Å²) in [4.78, 5) is 0.929. The predicted molar refractivity (Wildman–Crippen MR) is 83.0 cm³/mol. The highest BCUT2D eigenvalue weighted by Crippen LogP contribution is 2.33. The Balaban J connectivity index is 2.28. The largest absolute Gasteiger partial charge is 0.387 e. The van der Waals surface area contributed by atoms with Crippen LogP contribution in [0.3, 0.4) is 0 Å². The Bertz CT molecular complexity index is 567. The number of halogens is 2. The molecule has 0 aromatic carbocycles. The molecule has 0 bridgehead atoms. The first-order valence-corrected chi connectivity index (χ1v) is 8.28. The molecule has 1 unspecified atom stereocenters. The molecule has 0 amide bonds. The number of nitrogens with zero attached hydrogens (tertiary/aromatic N) is 2. The standard InChI is InChI=1S/C13H16BrClN2OS/c1-3-9-12(15)10(17(4-2)16-9)7-11(18)13-8(14)5-6-19-13/h5-6,11,18H,3-4,7H2,1-2H3. The monoisotopic (exact) mass is 362 g/mol. The second-order valence-electron chi connectivity index (χ2n) is 4.23. The van der Waals surface area contributed by atoms with Crippen LogP contribution in [0.2, 0.25) is 5.02 Å². The maximum atomic E-state index is 10.4. The molecule has 1 atom stereocenters. The molecule has 2 aromatic rings. The minimum atomic E-state index is -0.557. The topological polar surface area (TPSA) is 38.0 Å². The SMILES string of the molecule is CCc1nn(CC)c(CC(O)c2sccc2Br)c1Cl. The van der Waals surface area contributed by atoms with Gasteiger partial charge in [0.15, 0.2) is 0 Å². The van der Waals surface area contributed by atoms with E-state index >= 15 is 0 Å². The Morgan fingerprint density at radius 2 is 2.26 bits per heavy atom. The van der Waals surface area contributed by atoms with Crippen LogP contribution in [0, 0.1) is 0 Å². The number of aliphatic hydroxyl groups excluding tert-OH is 1. The summed E-state index contributed by atoms with van der Waals surface area (Å²) in [6, 6.07) is 1.94. The summed E-state index contributed by atoms with van der Waals surface area (Å²) in [6.45, 7) is 4.82. The average molecular weight is 364 g/mol. The molecule has 6 heteroatoms. The van der Waals surface area contributed by atoms with Crippen LogP contribution in [-0.2, 0) is 19.4 Å². The zero-order valence-corrected chi connectivity index (χ0v) is 14.0. The van der Waals surface area contributed by atoms with Gasteiger partial charge in [-0.2, -0.15) is 5.10 Å². The van der Waals surface area contributed by atoms with Crippen LogP contribution in [0.15, 0.2) is 15.9 Å². The van der Waals surface area contributed by atoms with Crippen LogP contribution in [0.25, 0.3) is 0 Å². The molecule has 0 radical (unpaired) electrons. The fourth-order valence-corrected chi connectivity index (χ4v) is 4.00. The van der Waals surface area contributed by atoms with Crippen molar-refractivity contribution >= 4 is 38.9 Å². The van der Waals surface area contributed by atoms with Gasteiger partial charge in [-0.3, -0.25) is 4.68 Å². The predicted octanol–water partition coefficient (Wildman–Crippen LogP) is 4.22. The van der Waals surface area contributed by atoms with Crippen LogP contribution in [-0.4, -0.2) is 14.9 Å². The van der Waals surface area contributed by atoms with Crippen molar-refractivity contribution in [1.82, 2.24) is 9.78 Å². The number of aryl methyl sites for hydroxylation is 2. The van der Waals surface area contributed by atoms with E-state index in [-0.39, 0.29) is 0 Å². The van der Waals surface area contributed by atoms with Crippen LogP contribution < -0.4 is 0 Å². The van der Waals surface area contributed by atoms with E-state index in [0.717, 1.165) is 33.7 Å². The molecule has 0 spiro atoms. The Kier molecular flexibility index (Phi) is 5.06. The molecule has 19 heavy (non-hydrogen) atoms. The van der Waals surface area contributed by atoms with Gasteiger partial charge < -0.3 is 5.11 Å². The van der Waals surface area contributed by atoms with Gasteiger partial charge in [-0.05, 0) is 40.7 Å². The van der Waals surface area contributed by atoms with Crippen LogP contribution >= 0.6 is 38.9 Å². The molecule has 3 nitrogen and oxygen atoms in total. The van der Waals surface area contributed by atoms with Crippen LogP contribution in [0.4, 0.5) is 0 Å². The van der Waals surface area contributed by atoms with E-state index in [1.54, 1.807) is 0 Å². The smallest absolute Gasteiger partial charge is 0.0949 e. The zero-order valence-electron chi connectivity index (χ0n) is 10.9. The van der Waals surface area contributed by atoms with Crippen molar-refractivity contribution in [3.05, 3.63) is 37.2 Å². The van der Waals surface area contributed by atoms with Gasteiger partial charge in [0.25, 0.3) is 0 Å². The summed E-state index contributed by atoms with van der Waals surface area (Å²) in [5.74, 6) is 0. The molecule has 1 N–H and O–H groups in total. The van der Waals surface area contributed by atoms with Gasteiger partial charge in [0.2, 0.25) is 0 Å². The molecule has 0 saturated carbocycles. The van der Waals surface area contributed by atoms with Gasteiger partial charge >= 0.3 is 0 Å². The van der Waals surface area contributed by atoms with Crippen LogP contribution in [0.1, 0.15) is 36.2 Å². The minimum Gasteiger partial charge on any atom is -0.387 e. The molecule has 2 rings (SSSR count). The molecule has 0 aliphatic heterocycles. The Hall–Kier alpha value is -0.360. The van der Waals surface area contributed by atoms with Crippen molar-refractivity contribution in [1.29, 1.82) is 0 Å². The number of aromatic nitrogens is 2. The fraction of sp³-hybridized carbons (Fsp3) is 0.462. The highest BCUT2D eigenvalue weighted by atomic mass is 79.9. The van der Waals surface area contributed by atoms with Crippen LogP contribution in [0.5, 0.6) is 0 Å². The maximum absolute atomic E-state index is 10.4. The Morgan fingerprint density at radius 1 is 1.53 bits per heavy atom. The van der Waals surface area contributed by atoms with Gasteiger partial charge in [-0.15, -0.1) is 11.3 Å². The first-order valence-electron chi connectivity index (χ1n) is 6.23. The minimum absolute atomic E-state index is 0.485. The summed E-state index contributed by atoms with van der Waals surface area (Å²) in [6.07, 6.45) is 0.731. The molecule has 0 fully saturated rings. The second kappa shape index (κ2) is 6.39. The van der Waals surface area contributed by atoms with Crippen molar-refractivity contribution < 1.29 is 5.11 Å². The van der Waals surface area contributed by atoms with Crippen molar-refractivity contribution in [2.75, 3.05) is 0 Å². The zero-order chi connectivity index (χ0) is 14.0. The van der Waals surface area contributed by atoms with E-state index < -0.39 is 6.10 Å². The number of rotatable bonds is 5. The average Bonchev–Trinajstić information content (AvgIpc) is 2.95. The van der Waals surface area contributed by atoms with Crippen molar-refractivity contribution in [3.8, 4) is 0 Å². The summed E-state index contributed by atoms with van der Waals surface area (Å²) < 4.78 is 2.82. The third-order valence-corrected chi connectivity index (χ3v) is 5.44. The lowest BCUT2D eigenvalue weighted by Crippen LogP contribution is -2.08. The third-order valence-electron chi connectivity index (χ3n) is 3.03. The molecular weight excluding hydrogens is 348 g/mol. The van der Waals surface area contributed by atoms with Crippen molar-refractivity contribution in [2.45, 2.75) is 39.3 Å². The van der Waals surface area contributed by atoms with Gasteiger partial charge in [-0.25, -0.2) is 0 Å². The molecule has 0 aliphatic carbocycles. The Morgan fingerprint density at radius 3 is 2.79 bits per heavy atom. The first kappa shape index (κ1) is 15.0. The molecular formula is C13H16BrClN2OS. The van der Waals surface area contributed by atoms with Gasteiger partial charge in [0, 0.05) is 22.3 Å². The van der Waals surface area contributed by atoms with E-state index in [1.165, 1.54) is 11.3 Å². The lowest BCUT2D eigenvalue weighted by Gasteiger charge is -2.11. The highest BCUT2D eigenvalue weighted by molar-refractivity contribution is 9.10. The van der Waals surface area contributed by atoms with Crippen molar-refractivity contribution in [3.63, 3.8) is 0 Å². The summed E-state index contributed by atoms with van der Waals surface area (Å²) in [5, 5.41) is 17.5. The molecule has 0 saturated heterocycles. The summed E-state index contributed by atoms with van der Waals surface area (Å²) >= 11 is 11.3. The van der Waals surface area contributed by atoms with E-state index in [2.05, 4.69) is 21.0 Å². The van der Waals surface area contributed by atoms with Gasteiger partial charge in [0.05, 0.1) is 22.5 Å². The first-order chi connectivity index (χ1) is 9.08. The quantitative estimate of drug-likeness (QED) is 0.863. The molecule has 104 valence electrons. The number of thiophene rings is 1. The molecule has 0 aliphatic rings. The van der Waals surface area contributed by atoms with E-state index in [9.17, 15) is 5.11 Å². The number of hydrogen-bond donors (Lipinski definition) is 1. The van der Waals surface area contributed by atoms with E-state index in [0.29, 0.717) is 11.4 Å². The maximum Gasteiger partial charge on any atom is 0.0949 e. The summed E-state index contributed by atoms with van der Waals surface area (Å²) in [5.41, 5.74) is 1.81. The number of hydrogen-bond acceptors (Lipinski definition) is 3. The molecule has 2 aromatic heterocycles. The second-order valence-corrected chi connectivity index (χ2v) is 6.41. The molecule has 2 heterocycles. The number of aliphatic hydroxyl groups is 1. The van der Waals surface area contributed by atoms with Gasteiger partial charge in [0.1, 0.15) is 0 Å². The highest BCUT2D eigenvalue weighted by Gasteiger charge is 2.20. The van der Waals surface area contributed by atoms with E-state index in [1.807, 2.05) is 30.0 Å².